The number of carbonyl (C=O) groups excluding carboxylic acids is 1. The number of aromatic nitrogens is 2. The Morgan fingerprint density at radius 2 is 1.92 bits per heavy atom. The summed E-state index contributed by atoms with van der Waals surface area (Å²) in [4.78, 5) is 29.8. The van der Waals surface area contributed by atoms with Gasteiger partial charge in [-0.15, -0.1) is 0 Å². The van der Waals surface area contributed by atoms with Crippen molar-refractivity contribution < 1.29 is 4.79 Å². The van der Waals surface area contributed by atoms with Crippen LogP contribution >= 0.6 is 0 Å². The molecule has 1 aliphatic carbocycles. The molecule has 2 aromatic rings. The van der Waals surface area contributed by atoms with Gasteiger partial charge in [0.2, 0.25) is 0 Å². The van der Waals surface area contributed by atoms with Crippen molar-refractivity contribution in [3.63, 3.8) is 0 Å². The number of piperidine rings is 1. The van der Waals surface area contributed by atoms with E-state index in [0.29, 0.717) is 24.5 Å². The molecular weight excluding hydrogens is 328 g/mol. The van der Waals surface area contributed by atoms with Gasteiger partial charge in [0.25, 0.3) is 0 Å². The molecule has 2 aliphatic rings. The normalized spacial score (nSPS) is 23.5. The second-order valence-corrected chi connectivity index (χ2v) is 8.59. The number of imidazole rings is 1. The monoisotopic (exact) mass is 356 g/mol. The first-order chi connectivity index (χ1) is 12.4. The van der Waals surface area contributed by atoms with Gasteiger partial charge < -0.3 is 15.2 Å². The Morgan fingerprint density at radius 3 is 2.62 bits per heavy atom. The lowest BCUT2D eigenvalue weighted by Gasteiger charge is -2.33. The number of nitrogens with zero attached hydrogens (tertiary/aromatic N) is 2. The third kappa shape index (κ3) is 3.24. The second kappa shape index (κ2) is 6.49. The number of H-pyrrole nitrogens is 1. The molecule has 2 fully saturated rings. The van der Waals surface area contributed by atoms with Gasteiger partial charge in [-0.25, -0.2) is 9.59 Å². The summed E-state index contributed by atoms with van der Waals surface area (Å²) in [5, 5.41) is 3.21. The number of urea groups is 1. The van der Waals surface area contributed by atoms with Gasteiger partial charge in [0, 0.05) is 25.2 Å². The second-order valence-electron chi connectivity index (χ2n) is 8.59. The van der Waals surface area contributed by atoms with Crippen LogP contribution in [0.3, 0.4) is 0 Å². The fourth-order valence-corrected chi connectivity index (χ4v) is 4.59. The van der Waals surface area contributed by atoms with E-state index >= 15 is 0 Å². The van der Waals surface area contributed by atoms with E-state index in [1.165, 1.54) is 6.42 Å². The zero-order valence-electron chi connectivity index (χ0n) is 15.6. The quantitative estimate of drug-likeness (QED) is 0.867. The highest BCUT2D eigenvalue weighted by molar-refractivity contribution is 5.75. The lowest BCUT2D eigenvalue weighted by atomic mass is 9.92. The van der Waals surface area contributed by atoms with Crippen molar-refractivity contribution in [2.45, 2.75) is 58.0 Å². The van der Waals surface area contributed by atoms with Crippen LogP contribution in [0.15, 0.2) is 29.1 Å². The summed E-state index contributed by atoms with van der Waals surface area (Å²) in [6.07, 6.45) is 4.92. The number of hydrogen-bond acceptors (Lipinski definition) is 2. The van der Waals surface area contributed by atoms with Gasteiger partial charge >= 0.3 is 11.7 Å². The maximum atomic E-state index is 12.6. The third-order valence-electron chi connectivity index (χ3n) is 6.04. The SMILES string of the molecule is CC1(C)CCC(NC(=O)N2CCC(n3c(=O)[nH]c4ccccc43)CC2)C1. The molecule has 6 heteroatoms. The van der Waals surface area contributed by atoms with Crippen LogP contribution in [0.5, 0.6) is 0 Å². The van der Waals surface area contributed by atoms with E-state index in [1.807, 2.05) is 33.7 Å². The lowest BCUT2D eigenvalue weighted by molar-refractivity contribution is 0.168. The van der Waals surface area contributed by atoms with Crippen molar-refractivity contribution in [2.75, 3.05) is 13.1 Å². The maximum Gasteiger partial charge on any atom is 0.326 e. The van der Waals surface area contributed by atoms with Crippen LogP contribution in [-0.4, -0.2) is 39.6 Å². The highest BCUT2D eigenvalue weighted by Gasteiger charge is 2.33. The molecule has 140 valence electrons. The van der Waals surface area contributed by atoms with E-state index in [1.54, 1.807) is 0 Å². The Kier molecular flexibility index (Phi) is 4.29. The zero-order chi connectivity index (χ0) is 18.3. The van der Waals surface area contributed by atoms with Gasteiger partial charge in [-0.05, 0) is 49.7 Å². The molecule has 2 heterocycles. The fourth-order valence-electron chi connectivity index (χ4n) is 4.59. The van der Waals surface area contributed by atoms with E-state index in [4.69, 9.17) is 0 Å². The third-order valence-corrected chi connectivity index (χ3v) is 6.04. The number of nitrogens with one attached hydrogen (secondary N) is 2. The van der Waals surface area contributed by atoms with Crippen LogP contribution in [-0.2, 0) is 0 Å². The minimum atomic E-state index is -0.0534. The van der Waals surface area contributed by atoms with Crippen LogP contribution < -0.4 is 11.0 Å². The standard InChI is InChI=1S/C20H28N4O2/c1-20(2)10-7-14(13-20)21-18(25)23-11-8-15(9-12-23)24-17-6-4-3-5-16(17)22-19(24)26/h3-6,14-15H,7-13H2,1-2H3,(H,21,25)(H,22,26). The molecule has 0 bridgehead atoms. The maximum absolute atomic E-state index is 12.6. The van der Waals surface area contributed by atoms with Crippen molar-refractivity contribution in [3.8, 4) is 0 Å². The summed E-state index contributed by atoms with van der Waals surface area (Å²) in [6, 6.07) is 8.29. The van der Waals surface area contributed by atoms with Crippen LogP contribution in [0.2, 0.25) is 0 Å². The summed E-state index contributed by atoms with van der Waals surface area (Å²) >= 11 is 0. The minimum Gasteiger partial charge on any atom is -0.335 e. The number of aromatic amines is 1. The molecule has 1 atom stereocenters. The molecule has 1 aromatic carbocycles. The molecule has 2 amide bonds. The van der Waals surface area contributed by atoms with Crippen molar-refractivity contribution >= 4 is 17.1 Å². The number of carbonyl (C=O) groups is 1. The fraction of sp³-hybridized carbons (Fsp3) is 0.600. The number of hydrogen-bond donors (Lipinski definition) is 2. The van der Waals surface area contributed by atoms with Crippen LogP contribution in [0.4, 0.5) is 4.79 Å². The molecule has 1 saturated carbocycles. The minimum absolute atomic E-state index is 0.0532. The van der Waals surface area contributed by atoms with Gasteiger partial charge in [-0.1, -0.05) is 26.0 Å². The predicted molar refractivity (Wildman–Crippen MR) is 102 cm³/mol. The summed E-state index contributed by atoms with van der Waals surface area (Å²) in [7, 11) is 0. The van der Waals surface area contributed by atoms with Gasteiger partial charge in [0.05, 0.1) is 11.0 Å². The molecule has 1 aromatic heterocycles. The van der Waals surface area contributed by atoms with Gasteiger partial charge in [-0.3, -0.25) is 4.57 Å². The molecule has 4 rings (SSSR count). The van der Waals surface area contributed by atoms with Gasteiger partial charge in [0.1, 0.15) is 0 Å². The van der Waals surface area contributed by atoms with E-state index < -0.39 is 0 Å². The first kappa shape index (κ1) is 17.2. The number of benzene rings is 1. The number of fused-ring (bicyclic) bond motifs is 1. The summed E-state index contributed by atoms with van der Waals surface area (Å²) in [6.45, 7) is 5.92. The largest absolute Gasteiger partial charge is 0.335 e. The zero-order valence-corrected chi connectivity index (χ0v) is 15.6. The Labute approximate surface area is 153 Å². The van der Waals surface area contributed by atoms with Crippen molar-refractivity contribution in [2.24, 2.45) is 5.41 Å². The molecule has 1 unspecified atom stereocenters. The molecule has 6 nitrogen and oxygen atoms in total. The molecule has 0 spiro atoms. The smallest absolute Gasteiger partial charge is 0.326 e. The lowest BCUT2D eigenvalue weighted by Crippen LogP contribution is -2.48. The number of amides is 2. The molecule has 26 heavy (non-hydrogen) atoms. The average molecular weight is 356 g/mol. The first-order valence-corrected chi connectivity index (χ1v) is 9.68. The van der Waals surface area contributed by atoms with Crippen molar-refractivity contribution in [1.29, 1.82) is 0 Å². The van der Waals surface area contributed by atoms with Crippen LogP contribution in [0.25, 0.3) is 11.0 Å². The topological polar surface area (TPSA) is 70.1 Å². The van der Waals surface area contributed by atoms with Crippen molar-refractivity contribution in [3.05, 3.63) is 34.7 Å². The average Bonchev–Trinajstić information content (AvgIpc) is 3.13. The Balaban J connectivity index is 1.39. The summed E-state index contributed by atoms with van der Waals surface area (Å²) in [5.41, 5.74) is 2.11. The highest BCUT2D eigenvalue weighted by atomic mass is 16.2. The van der Waals surface area contributed by atoms with E-state index in [9.17, 15) is 9.59 Å². The Morgan fingerprint density at radius 1 is 1.19 bits per heavy atom. The Hall–Kier alpha value is -2.24. The van der Waals surface area contributed by atoms with Gasteiger partial charge in [0.15, 0.2) is 0 Å². The van der Waals surface area contributed by atoms with Crippen molar-refractivity contribution in [1.82, 2.24) is 19.8 Å². The molecule has 2 N–H and O–H groups in total. The van der Waals surface area contributed by atoms with E-state index in [-0.39, 0.29) is 17.8 Å². The molecule has 1 saturated heterocycles. The van der Waals surface area contributed by atoms with Gasteiger partial charge in [-0.2, -0.15) is 0 Å². The number of likely N-dealkylation sites (tertiary alicyclic amines) is 1. The van der Waals surface area contributed by atoms with E-state index in [2.05, 4.69) is 24.1 Å². The number of para-hydroxylation sites is 2. The number of rotatable bonds is 2. The van der Waals surface area contributed by atoms with Crippen LogP contribution in [0, 0.1) is 5.41 Å². The Bertz CT molecular complexity index is 858. The molecule has 1 aliphatic heterocycles. The van der Waals surface area contributed by atoms with E-state index in [0.717, 1.165) is 36.7 Å². The first-order valence-electron chi connectivity index (χ1n) is 9.68. The molecule has 0 radical (unpaired) electrons. The summed E-state index contributed by atoms with van der Waals surface area (Å²) < 4.78 is 1.87. The predicted octanol–water partition coefficient (Wildman–Crippen LogP) is 3.25. The van der Waals surface area contributed by atoms with Crippen LogP contribution in [0.1, 0.15) is 52.0 Å². The summed E-state index contributed by atoms with van der Waals surface area (Å²) in [5.74, 6) is 0. The molecular formula is C20H28N4O2. The highest BCUT2D eigenvalue weighted by Crippen LogP contribution is 2.37.